The van der Waals surface area contributed by atoms with E-state index in [-0.39, 0.29) is 24.2 Å². The molecule has 14 heteroatoms. The average molecular weight is 544 g/mol. The van der Waals surface area contributed by atoms with E-state index in [2.05, 4.69) is 10.6 Å². The van der Waals surface area contributed by atoms with Crippen LogP contribution < -0.4 is 10.6 Å². The molecule has 0 radical (unpaired) electrons. The number of nitrogens with one attached hydrogen (secondary N) is 2. The molecule has 0 aliphatic rings. The van der Waals surface area contributed by atoms with Crippen LogP contribution >= 0.6 is 15.2 Å². The van der Waals surface area contributed by atoms with Gasteiger partial charge in [-0.05, 0) is 35.4 Å². The molecular weight excluding hydrogens is 514 g/mol. The van der Waals surface area contributed by atoms with Crippen LogP contribution in [0.25, 0.3) is 0 Å². The van der Waals surface area contributed by atoms with Crippen molar-refractivity contribution in [2.75, 3.05) is 41.5 Å². The van der Waals surface area contributed by atoms with Crippen molar-refractivity contribution in [1.29, 1.82) is 0 Å². The van der Waals surface area contributed by atoms with Crippen molar-refractivity contribution in [3.8, 4) is 0 Å². The molecular formula is C22H30N2O10P2. The summed E-state index contributed by atoms with van der Waals surface area (Å²) in [5.74, 6) is -4.05. The molecule has 0 aromatic heterocycles. The summed E-state index contributed by atoms with van der Waals surface area (Å²) < 4.78 is 47.0. The molecule has 0 fully saturated rings. The number of carboxylic acid groups (broad SMARTS) is 2. The molecule has 0 amide bonds. The van der Waals surface area contributed by atoms with Gasteiger partial charge in [-0.3, -0.25) is 19.8 Å². The minimum absolute atomic E-state index is 0.0653. The zero-order valence-corrected chi connectivity index (χ0v) is 22.0. The monoisotopic (exact) mass is 544 g/mol. The summed E-state index contributed by atoms with van der Waals surface area (Å²) in [6.45, 7) is 0.360. The van der Waals surface area contributed by atoms with E-state index in [9.17, 15) is 18.7 Å². The maximum atomic E-state index is 13.2. The van der Waals surface area contributed by atoms with E-state index in [1.54, 1.807) is 0 Å². The summed E-state index contributed by atoms with van der Waals surface area (Å²) in [4.78, 5) is 22.3. The minimum atomic E-state index is -3.68. The summed E-state index contributed by atoms with van der Waals surface area (Å²) >= 11 is 0. The highest BCUT2D eigenvalue weighted by atomic mass is 31.2. The van der Waals surface area contributed by atoms with Crippen LogP contribution in [0.15, 0.2) is 48.5 Å². The Balaban J connectivity index is 2.23. The summed E-state index contributed by atoms with van der Waals surface area (Å²) in [5, 5.41) is 24.4. The molecule has 36 heavy (non-hydrogen) atoms. The topological polar surface area (TPSA) is 170 Å². The highest BCUT2D eigenvalue weighted by Gasteiger charge is 2.37. The second kappa shape index (κ2) is 13.2. The third-order valence-corrected chi connectivity index (χ3v) is 9.66. The van der Waals surface area contributed by atoms with Crippen molar-refractivity contribution in [1.82, 2.24) is 10.6 Å². The maximum absolute atomic E-state index is 13.2. The van der Waals surface area contributed by atoms with Gasteiger partial charge in [-0.1, -0.05) is 24.3 Å². The van der Waals surface area contributed by atoms with Gasteiger partial charge < -0.3 is 28.3 Å². The molecule has 2 unspecified atom stereocenters. The van der Waals surface area contributed by atoms with Crippen molar-refractivity contribution in [2.45, 2.75) is 11.6 Å². The van der Waals surface area contributed by atoms with Crippen LogP contribution in [0.4, 0.5) is 0 Å². The van der Waals surface area contributed by atoms with Crippen LogP contribution in [-0.2, 0) is 27.2 Å². The largest absolute Gasteiger partial charge is 0.478 e. The maximum Gasteiger partial charge on any atom is 0.351 e. The predicted octanol–water partition coefficient (Wildman–Crippen LogP) is 3.93. The highest BCUT2D eigenvalue weighted by molar-refractivity contribution is 7.54. The normalized spacial score (nSPS) is 13.8. The van der Waals surface area contributed by atoms with Gasteiger partial charge in [-0.15, -0.1) is 0 Å². The molecule has 0 aliphatic carbocycles. The van der Waals surface area contributed by atoms with Crippen LogP contribution in [-0.4, -0.2) is 63.7 Å². The Hall–Kier alpha value is -2.40. The van der Waals surface area contributed by atoms with Crippen LogP contribution in [0.1, 0.15) is 43.4 Å². The summed E-state index contributed by atoms with van der Waals surface area (Å²) in [7, 11) is -2.39. The summed E-state index contributed by atoms with van der Waals surface area (Å²) in [6, 6.07) is 11.6. The van der Waals surface area contributed by atoms with Crippen molar-refractivity contribution >= 4 is 27.1 Å². The Morgan fingerprint density at radius 1 is 0.667 bits per heavy atom. The first-order chi connectivity index (χ1) is 17.0. The van der Waals surface area contributed by atoms with Gasteiger partial charge in [0.05, 0.1) is 11.1 Å². The van der Waals surface area contributed by atoms with E-state index in [0.717, 1.165) is 0 Å². The highest BCUT2D eigenvalue weighted by Crippen LogP contribution is 2.59. The van der Waals surface area contributed by atoms with Crippen molar-refractivity contribution < 1.29 is 47.0 Å². The van der Waals surface area contributed by atoms with Gasteiger partial charge in [0.15, 0.2) is 0 Å². The number of rotatable bonds is 15. The molecule has 2 aromatic carbocycles. The lowest BCUT2D eigenvalue weighted by Gasteiger charge is -2.28. The van der Waals surface area contributed by atoms with Crippen LogP contribution in [0, 0.1) is 0 Å². The van der Waals surface area contributed by atoms with Gasteiger partial charge in [0.25, 0.3) is 0 Å². The lowest BCUT2D eigenvalue weighted by molar-refractivity contribution is 0.0686. The molecule has 4 N–H and O–H groups in total. The Labute approximate surface area is 209 Å². The predicted molar refractivity (Wildman–Crippen MR) is 132 cm³/mol. The summed E-state index contributed by atoms with van der Waals surface area (Å²) in [6.07, 6.45) is 0. The van der Waals surface area contributed by atoms with Crippen molar-refractivity contribution in [3.05, 3.63) is 70.8 Å². The van der Waals surface area contributed by atoms with Gasteiger partial charge >= 0.3 is 27.1 Å². The van der Waals surface area contributed by atoms with E-state index in [1.165, 1.54) is 77.0 Å². The zero-order valence-electron chi connectivity index (χ0n) is 20.2. The van der Waals surface area contributed by atoms with Crippen molar-refractivity contribution in [3.63, 3.8) is 0 Å². The fourth-order valence-corrected chi connectivity index (χ4v) is 6.35. The molecule has 2 aromatic rings. The van der Waals surface area contributed by atoms with Gasteiger partial charge in [-0.25, -0.2) is 9.59 Å². The second-order valence-corrected chi connectivity index (χ2v) is 12.0. The molecule has 0 spiro atoms. The Bertz CT molecular complexity index is 1020. The molecule has 0 bridgehead atoms. The summed E-state index contributed by atoms with van der Waals surface area (Å²) in [5.41, 5.74) is 1.09. The first-order valence-electron chi connectivity index (χ1n) is 10.6. The molecule has 0 saturated carbocycles. The molecule has 2 atom stereocenters. The number of carbonyl (C=O) groups is 2. The molecule has 0 aliphatic heterocycles. The third-order valence-electron chi connectivity index (χ3n) is 5.40. The van der Waals surface area contributed by atoms with E-state index < -0.39 is 38.7 Å². The number of carboxylic acids is 2. The first kappa shape index (κ1) is 29.8. The standard InChI is InChI=1S/C22H30N2O10P2/c1-31-35(29,32-2)19(15-5-9-17(10-6-15)21(25)26)23-13-14-24-20(36(30,33-3)34-4)16-7-11-18(12-8-16)22(27)28/h5-12,19-20,23-24H,13-14H2,1-4H3,(H,25,26)(H,27,28). The second-order valence-electron chi connectivity index (χ2n) is 7.38. The van der Waals surface area contributed by atoms with Crippen molar-refractivity contribution in [2.24, 2.45) is 0 Å². The van der Waals surface area contributed by atoms with Gasteiger partial charge in [0, 0.05) is 41.5 Å². The fourth-order valence-electron chi connectivity index (χ4n) is 3.43. The molecule has 12 nitrogen and oxygen atoms in total. The lowest BCUT2D eigenvalue weighted by atomic mass is 10.1. The van der Waals surface area contributed by atoms with E-state index in [1.807, 2.05) is 0 Å². The first-order valence-corrected chi connectivity index (χ1v) is 13.8. The SMILES string of the molecule is COP(=O)(OC)C(NCCNC(c1ccc(C(=O)O)cc1)P(=O)(OC)OC)c1ccc(C(=O)O)cc1. The zero-order chi connectivity index (χ0) is 26.9. The third kappa shape index (κ3) is 7.09. The number of hydrogen-bond donors (Lipinski definition) is 4. The van der Waals surface area contributed by atoms with Gasteiger partial charge in [-0.2, -0.15) is 0 Å². The minimum Gasteiger partial charge on any atom is -0.478 e. The Morgan fingerprint density at radius 3 is 1.17 bits per heavy atom. The Kier molecular flexibility index (Phi) is 11.0. The molecule has 198 valence electrons. The smallest absolute Gasteiger partial charge is 0.351 e. The lowest BCUT2D eigenvalue weighted by Crippen LogP contribution is -2.33. The van der Waals surface area contributed by atoms with Crippen LogP contribution in [0.3, 0.4) is 0 Å². The van der Waals surface area contributed by atoms with E-state index >= 15 is 0 Å². The van der Waals surface area contributed by atoms with Crippen LogP contribution in [0.5, 0.6) is 0 Å². The van der Waals surface area contributed by atoms with E-state index in [4.69, 9.17) is 28.3 Å². The van der Waals surface area contributed by atoms with Crippen LogP contribution in [0.2, 0.25) is 0 Å². The number of hydrogen-bond acceptors (Lipinski definition) is 10. The average Bonchev–Trinajstić information content (AvgIpc) is 2.90. The number of benzene rings is 2. The van der Waals surface area contributed by atoms with Gasteiger partial charge in [0.2, 0.25) is 0 Å². The van der Waals surface area contributed by atoms with E-state index in [0.29, 0.717) is 11.1 Å². The Morgan fingerprint density at radius 2 is 0.944 bits per heavy atom. The molecule has 0 saturated heterocycles. The number of aromatic carboxylic acids is 2. The molecule has 2 rings (SSSR count). The van der Waals surface area contributed by atoms with Gasteiger partial charge in [0.1, 0.15) is 11.6 Å². The molecule has 0 heterocycles. The quantitative estimate of drug-likeness (QED) is 0.188. The fraction of sp³-hybridized carbons (Fsp3) is 0.364.